The van der Waals surface area contributed by atoms with Gasteiger partial charge in [-0.25, -0.2) is 14.4 Å². The Bertz CT molecular complexity index is 1260. The van der Waals surface area contributed by atoms with Crippen LogP contribution in [-0.4, -0.2) is 56.2 Å². The topological polar surface area (TPSA) is 101 Å². The number of fused-ring (bicyclic) bond motifs is 2. The van der Waals surface area contributed by atoms with Gasteiger partial charge in [-0.15, -0.1) is 0 Å². The summed E-state index contributed by atoms with van der Waals surface area (Å²) < 4.78 is 17.1. The minimum atomic E-state index is -0.993. The third-order valence-corrected chi connectivity index (χ3v) is 5.56. The SMILES string of the molecule is CNc1ccc(-c2cc(NC)n3ncc(C(=O)N[C@@H]4CC[C@@H]4F)c3n2)n2ccnc12. The van der Waals surface area contributed by atoms with Crippen LogP contribution in [0.25, 0.3) is 22.7 Å². The molecule has 1 aliphatic rings. The van der Waals surface area contributed by atoms with E-state index in [-0.39, 0.29) is 5.91 Å². The number of alkyl halides is 1. The van der Waals surface area contributed by atoms with Crippen LogP contribution in [0.1, 0.15) is 23.2 Å². The Labute approximate surface area is 171 Å². The number of carbonyl (C=O) groups is 1. The highest BCUT2D eigenvalue weighted by molar-refractivity contribution is 6.00. The number of amides is 1. The molecule has 4 aromatic rings. The van der Waals surface area contributed by atoms with Crippen LogP contribution in [0.4, 0.5) is 15.9 Å². The first-order valence-electron chi connectivity index (χ1n) is 9.76. The molecule has 1 saturated carbocycles. The summed E-state index contributed by atoms with van der Waals surface area (Å²) in [6.45, 7) is 0. The molecule has 154 valence electrons. The number of hydrogen-bond acceptors (Lipinski definition) is 6. The molecule has 0 aliphatic heterocycles. The molecule has 1 amide bonds. The Morgan fingerprint density at radius 2 is 2.07 bits per heavy atom. The van der Waals surface area contributed by atoms with Crippen molar-refractivity contribution < 1.29 is 9.18 Å². The molecule has 0 aromatic carbocycles. The minimum Gasteiger partial charge on any atom is -0.385 e. The van der Waals surface area contributed by atoms with Crippen molar-refractivity contribution >= 4 is 28.7 Å². The molecule has 0 saturated heterocycles. The van der Waals surface area contributed by atoms with Crippen molar-refractivity contribution in [3.8, 4) is 11.4 Å². The third-order valence-electron chi connectivity index (χ3n) is 5.56. The van der Waals surface area contributed by atoms with Crippen LogP contribution < -0.4 is 16.0 Å². The molecule has 2 atom stereocenters. The molecule has 0 bridgehead atoms. The molecule has 10 heteroatoms. The molecular weight excluding hydrogens is 387 g/mol. The molecular formula is C20H21FN8O. The van der Waals surface area contributed by atoms with E-state index in [1.807, 2.05) is 35.8 Å². The number of carbonyl (C=O) groups excluding carboxylic acids is 1. The van der Waals surface area contributed by atoms with Gasteiger partial charge < -0.3 is 16.0 Å². The van der Waals surface area contributed by atoms with E-state index in [0.717, 1.165) is 17.0 Å². The third kappa shape index (κ3) is 2.75. The number of nitrogens with zero attached hydrogens (tertiary/aromatic N) is 5. The Morgan fingerprint density at radius 3 is 2.77 bits per heavy atom. The largest absolute Gasteiger partial charge is 0.385 e. The summed E-state index contributed by atoms with van der Waals surface area (Å²) in [5, 5.41) is 13.3. The van der Waals surface area contributed by atoms with Crippen molar-refractivity contribution in [2.45, 2.75) is 25.1 Å². The van der Waals surface area contributed by atoms with Gasteiger partial charge in [-0.2, -0.15) is 9.61 Å². The van der Waals surface area contributed by atoms with Crippen molar-refractivity contribution in [2.24, 2.45) is 0 Å². The fourth-order valence-electron chi connectivity index (χ4n) is 3.72. The van der Waals surface area contributed by atoms with Gasteiger partial charge in [0.2, 0.25) is 0 Å². The van der Waals surface area contributed by atoms with Gasteiger partial charge in [0.05, 0.1) is 29.3 Å². The summed E-state index contributed by atoms with van der Waals surface area (Å²) in [4.78, 5) is 21.9. The monoisotopic (exact) mass is 408 g/mol. The first-order chi connectivity index (χ1) is 14.6. The molecule has 4 aromatic heterocycles. The molecule has 1 aliphatic carbocycles. The maximum atomic E-state index is 13.6. The number of rotatable bonds is 5. The molecule has 0 unspecified atom stereocenters. The van der Waals surface area contributed by atoms with Crippen molar-refractivity contribution in [1.82, 2.24) is 29.3 Å². The first-order valence-corrected chi connectivity index (χ1v) is 9.76. The zero-order valence-electron chi connectivity index (χ0n) is 16.6. The predicted octanol–water partition coefficient (Wildman–Crippen LogP) is 2.36. The summed E-state index contributed by atoms with van der Waals surface area (Å²) in [6, 6.07) is 5.29. The Morgan fingerprint density at radius 1 is 1.20 bits per heavy atom. The minimum absolute atomic E-state index is 0.307. The highest BCUT2D eigenvalue weighted by atomic mass is 19.1. The van der Waals surface area contributed by atoms with E-state index in [9.17, 15) is 9.18 Å². The second-order valence-corrected chi connectivity index (χ2v) is 7.25. The number of halogens is 1. The van der Waals surface area contributed by atoms with Crippen LogP contribution in [0.3, 0.4) is 0 Å². The van der Waals surface area contributed by atoms with Gasteiger partial charge in [-0.05, 0) is 25.0 Å². The quantitative estimate of drug-likeness (QED) is 0.469. The number of pyridine rings is 1. The van der Waals surface area contributed by atoms with Gasteiger partial charge in [-0.1, -0.05) is 0 Å². The molecule has 3 N–H and O–H groups in total. The number of nitrogens with one attached hydrogen (secondary N) is 3. The second kappa shape index (κ2) is 6.97. The van der Waals surface area contributed by atoms with Crippen LogP contribution in [0.15, 0.2) is 36.8 Å². The van der Waals surface area contributed by atoms with Crippen LogP contribution in [0, 0.1) is 0 Å². The van der Waals surface area contributed by atoms with Gasteiger partial charge in [0.15, 0.2) is 11.3 Å². The summed E-state index contributed by atoms with van der Waals surface area (Å²) in [5.41, 5.74) is 3.84. The molecule has 5 rings (SSSR count). The van der Waals surface area contributed by atoms with E-state index in [0.29, 0.717) is 35.6 Å². The number of hydrogen-bond donors (Lipinski definition) is 3. The van der Waals surface area contributed by atoms with Crippen molar-refractivity contribution in [1.29, 1.82) is 0 Å². The fraction of sp³-hybridized carbons (Fsp3) is 0.300. The Kier molecular flexibility index (Phi) is 4.27. The summed E-state index contributed by atoms with van der Waals surface area (Å²) >= 11 is 0. The molecule has 30 heavy (non-hydrogen) atoms. The molecule has 1 fully saturated rings. The van der Waals surface area contributed by atoms with E-state index in [2.05, 4.69) is 26.0 Å². The van der Waals surface area contributed by atoms with Crippen LogP contribution in [-0.2, 0) is 0 Å². The highest BCUT2D eigenvalue weighted by Gasteiger charge is 2.33. The number of imidazole rings is 1. The van der Waals surface area contributed by atoms with Crippen molar-refractivity contribution in [2.75, 3.05) is 24.7 Å². The Hall–Kier alpha value is -3.69. The Balaban J connectivity index is 1.63. The molecule has 4 heterocycles. The van der Waals surface area contributed by atoms with Crippen LogP contribution in [0.2, 0.25) is 0 Å². The maximum Gasteiger partial charge on any atom is 0.257 e. The zero-order chi connectivity index (χ0) is 20.8. The van der Waals surface area contributed by atoms with Gasteiger partial charge in [0.1, 0.15) is 17.6 Å². The summed E-state index contributed by atoms with van der Waals surface area (Å²) in [5.74, 6) is 0.300. The maximum absolute atomic E-state index is 13.6. The predicted molar refractivity (Wildman–Crippen MR) is 112 cm³/mol. The average molecular weight is 408 g/mol. The molecule has 9 nitrogen and oxygen atoms in total. The van der Waals surface area contributed by atoms with E-state index in [1.165, 1.54) is 6.20 Å². The van der Waals surface area contributed by atoms with E-state index in [1.54, 1.807) is 17.8 Å². The van der Waals surface area contributed by atoms with Gasteiger partial charge in [0, 0.05) is 32.6 Å². The lowest BCUT2D eigenvalue weighted by atomic mass is 9.90. The second-order valence-electron chi connectivity index (χ2n) is 7.25. The number of anilines is 2. The molecule has 0 spiro atoms. The van der Waals surface area contributed by atoms with E-state index >= 15 is 0 Å². The normalized spacial score (nSPS) is 18.4. The average Bonchev–Trinajstić information content (AvgIpc) is 3.42. The lowest BCUT2D eigenvalue weighted by molar-refractivity contribution is 0.0826. The number of aromatic nitrogens is 5. The van der Waals surface area contributed by atoms with Crippen molar-refractivity contribution in [3.63, 3.8) is 0 Å². The van der Waals surface area contributed by atoms with E-state index < -0.39 is 12.2 Å². The van der Waals surface area contributed by atoms with E-state index in [4.69, 9.17) is 4.98 Å². The van der Waals surface area contributed by atoms with Crippen molar-refractivity contribution in [3.05, 3.63) is 42.4 Å². The fourth-order valence-corrected chi connectivity index (χ4v) is 3.72. The smallest absolute Gasteiger partial charge is 0.257 e. The van der Waals surface area contributed by atoms with Crippen LogP contribution in [0.5, 0.6) is 0 Å². The highest BCUT2D eigenvalue weighted by Crippen LogP contribution is 2.28. The summed E-state index contributed by atoms with van der Waals surface area (Å²) in [7, 11) is 3.62. The standard InChI is InChI=1S/C20H21FN8O/c1-22-14-5-6-16(28-8-7-24-19(14)28)15-9-17(23-2)29-18(26-15)11(10-25-29)20(30)27-13-4-3-12(13)21/h5-10,12-13,22-23H,3-4H2,1-2H3,(H,27,30)/t12-,13+/m0/s1. The molecule has 0 radical (unpaired) electrons. The lowest BCUT2D eigenvalue weighted by Gasteiger charge is -2.30. The first kappa shape index (κ1) is 18.3. The van der Waals surface area contributed by atoms with Gasteiger partial charge in [-0.3, -0.25) is 9.20 Å². The van der Waals surface area contributed by atoms with Gasteiger partial charge in [0.25, 0.3) is 5.91 Å². The zero-order valence-corrected chi connectivity index (χ0v) is 16.6. The van der Waals surface area contributed by atoms with Gasteiger partial charge >= 0.3 is 0 Å². The van der Waals surface area contributed by atoms with Crippen LogP contribution >= 0.6 is 0 Å². The summed E-state index contributed by atoms with van der Waals surface area (Å²) in [6.07, 6.45) is 5.18. The lowest BCUT2D eigenvalue weighted by Crippen LogP contribution is -2.48.